The van der Waals surface area contributed by atoms with Gasteiger partial charge in [-0.1, -0.05) is 13.8 Å². The summed E-state index contributed by atoms with van der Waals surface area (Å²) in [5.74, 6) is -1.90. The van der Waals surface area contributed by atoms with Crippen LogP contribution in [-0.4, -0.2) is 62.4 Å². The zero-order valence-corrected chi connectivity index (χ0v) is 16.4. The first-order chi connectivity index (χ1) is 13.0. The normalized spacial score (nSPS) is 16.9. The zero-order chi connectivity index (χ0) is 21.1. The van der Waals surface area contributed by atoms with Crippen molar-refractivity contribution in [2.45, 2.75) is 52.4 Å². The maximum Gasteiger partial charge on any atom is 0.490 e. The molecule has 0 atom stereocenters. The van der Waals surface area contributed by atoms with Crippen LogP contribution in [0.2, 0.25) is 0 Å². The predicted octanol–water partition coefficient (Wildman–Crippen LogP) is 2.65. The first-order valence-electron chi connectivity index (χ1n) is 9.37. The lowest BCUT2D eigenvalue weighted by Crippen LogP contribution is -2.29. The molecule has 1 saturated heterocycles. The van der Waals surface area contributed by atoms with E-state index in [9.17, 15) is 18.0 Å². The number of rotatable bonds is 4. The minimum absolute atomic E-state index is 0.134. The van der Waals surface area contributed by atoms with Crippen LogP contribution in [0.25, 0.3) is 0 Å². The molecular weight excluding hydrogens is 377 g/mol. The number of amides is 1. The topological polar surface area (TPSA) is 78.7 Å². The second-order valence-corrected chi connectivity index (χ2v) is 7.59. The number of aliphatic carboxylic acids is 1. The van der Waals surface area contributed by atoms with Crippen LogP contribution in [0.1, 0.15) is 54.9 Å². The summed E-state index contributed by atoms with van der Waals surface area (Å²) in [5.41, 5.74) is 3.08. The fourth-order valence-electron chi connectivity index (χ4n) is 3.30. The summed E-state index contributed by atoms with van der Waals surface area (Å²) in [7, 11) is 1.96. The van der Waals surface area contributed by atoms with Crippen molar-refractivity contribution in [2.75, 3.05) is 19.6 Å². The van der Waals surface area contributed by atoms with Crippen molar-refractivity contribution in [1.82, 2.24) is 19.6 Å². The number of carbonyl (C=O) groups is 2. The van der Waals surface area contributed by atoms with Crippen LogP contribution in [0.15, 0.2) is 0 Å². The SMILES string of the molecule is CC(C)CCN1Cc2c(C(=O)N3CCCC3)nn(C)c2C1.O=C(O)C(F)(F)F. The Morgan fingerprint density at radius 2 is 1.75 bits per heavy atom. The molecule has 0 bridgehead atoms. The molecule has 3 heterocycles. The predicted molar refractivity (Wildman–Crippen MR) is 95.6 cm³/mol. The van der Waals surface area contributed by atoms with Crippen molar-refractivity contribution < 1.29 is 27.9 Å². The van der Waals surface area contributed by atoms with Gasteiger partial charge in [-0.2, -0.15) is 18.3 Å². The smallest absolute Gasteiger partial charge is 0.475 e. The number of halogens is 3. The van der Waals surface area contributed by atoms with Crippen molar-refractivity contribution in [2.24, 2.45) is 13.0 Å². The van der Waals surface area contributed by atoms with E-state index in [0.717, 1.165) is 57.0 Å². The summed E-state index contributed by atoms with van der Waals surface area (Å²) < 4.78 is 33.6. The molecule has 0 spiro atoms. The Kier molecular flexibility index (Phi) is 7.08. The summed E-state index contributed by atoms with van der Waals surface area (Å²) in [6.45, 7) is 9.20. The monoisotopic (exact) mass is 404 g/mol. The van der Waals surface area contributed by atoms with E-state index in [-0.39, 0.29) is 5.91 Å². The van der Waals surface area contributed by atoms with Gasteiger partial charge in [0.05, 0.1) is 5.69 Å². The standard InChI is InChI=1S/C16H26N4O.C2HF3O2/c1-12(2)6-9-19-10-13-14(11-19)18(3)17-15(13)16(21)20-7-4-5-8-20;3-2(4,5)1(6)7/h12H,4-11H2,1-3H3;(H,6,7). The molecule has 2 aliphatic rings. The van der Waals surface area contributed by atoms with Crippen molar-refractivity contribution in [3.8, 4) is 0 Å². The summed E-state index contributed by atoms with van der Waals surface area (Å²) in [4.78, 5) is 25.9. The molecule has 1 N–H and O–H groups in total. The quantitative estimate of drug-likeness (QED) is 0.835. The third-order valence-corrected chi connectivity index (χ3v) is 4.89. The van der Waals surface area contributed by atoms with Crippen molar-refractivity contribution in [3.05, 3.63) is 17.0 Å². The van der Waals surface area contributed by atoms with E-state index in [1.54, 1.807) is 0 Å². The highest BCUT2D eigenvalue weighted by molar-refractivity contribution is 5.94. The third kappa shape index (κ3) is 5.46. The molecule has 10 heteroatoms. The van der Waals surface area contributed by atoms with Crippen LogP contribution >= 0.6 is 0 Å². The number of carboxylic acids is 1. The summed E-state index contributed by atoms with van der Waals surface area (Å²) >= 11 is 0. The van der Waals surface area contributed by atoms with E-state index in [1.807, 2.05) is 16.6 Å². The summed E-state index contributed by atoms with van der Waals surface area (Å²) in [5, 5.41) is 11.6. The minimum Gasteiger partial charge on any atom is -0.475 e. The van der Waals surface area contributed by atoms with Gasteiger partial charge in [-0.3, -0.25) is 14.4 Å². The lowest BCUT2D eigenvalue weighted by atomic mass is 10.1. The number of hydrogen-bond acceptors (Lipinski definition) is 4. The van der Waals surface area contributed by atoms with Crippen LogP contribution in [0.3, 0.4) is 0 Å². The van der Waals surface area contributed by atoms with Gasteiger partial charge < -0.3 is 10.0 Å². The van der Waals surface area contributed by atoms with Crippen LogP contribution in [0, 0.1) is 5.92 Å². The van der Waals surface area contributed by atoms with Gasteiger partial charge in [0.1, 0.15) is 0 Å². The van der Waals surface area contributed by atoms with E-state index in [4.69, 9.17) is 9.90 Å². The Morgan fingerprint density at radius 1 is 1.18 bits per heavy atom. The maximum absolute atomic E-state index is 12.6. The number of aryl methyl sites for hydroxylation is 1. The number of fused-ring (bicyclic) bond motifs is 1. The maximum atomic E-state index is 12.6. The molecule has 0 aliphatic carbocycles. The van der Waals surface area contributed by atoms with Gasteiger partial charge in [0.25, 0.3) is 5.91 Å². The number of nitrogens with zero attached hydrogens (tertiary/aromatic N) is 4. The number of alkyl halides is 3. The van der Waals surface area contributed by atoms with Gasteiger partial charge >= 0.3 is 12.1 Å². The van der Waals surface area contributed by atoms with Crippen LogP contribution in [-0.2, 0) is 24.9 Å². The van der Waals surface area contributed by atoms with Gasteiger partial charge in [0.2, 0.25) is 0 Å². The van der Waals surface area contributed by atoms with Crippen molar-refractivity contribution in [1.29, 1.82) is 0 Å². The van der Waals surface area contributed by atoms with Gasteiger partial charge in [-0.05, 0) is 31.7 Å². The fraction of sp³-hybridized carbons (Fsp3) is 0.722. The summed E-state index contributed by atoms with van der Waals surface area (Å²) in [6.07, 6.45) is -1.63. The highest BCUT2D eigenvalue weighted by Crippen LogP contribution is 2.27. The largest absolute Gasteiger partial charge is 0.490 e. The molecule has 0 radical (unpaired) electrons. The second kappa shape index (κ2) is 8.93. The average Bonchev–Trinajstić information content (AvgIpc) is 3.30. The fourth-order valence-corrected chi connectivity index (χ4v) is 3.30. The number of hydrogen-bond donors (Lipinski definition) is 1. The van der Waals surface area contributed by atoms with E-state index in [2.05, 4.69) is 23.8 Å². The highest BCUT2D eigenvalue weighted by atomic mass is 19.4. The van der Waals surface area contributed by atoms with E-state index in [1.165, 1.54) is 12.1 Å². The molecule has 2 aliphatic heterocycles. The molecule has 3 rings (SSSR count). The van der Waals surface area contributed by atoms with Crippen LogP contribution in [0.5, 0.6) is 0 Å². The van der Waals surface area contributed by atoms with Crippen LogP contribution in [0.4, 0.5) is 13.2 Å². The number of aromatic nitrogens is 2. The molecule has 1 aromatic rings. The zero-order valence-electron chi connectivity index (χ0n) is 16.4. The van der Waals surface area contributed by atoms with E-state index >= 15 is 0 Å². The second-order valence-electron chi connectivity index (χ2n) is 7.59. The molecule has 0 saturated carbocycles. The van der Waals surface area contributed by atoms with E-state index in [0.29, 0.717) is 5.69 Å². The highest BCUT2D eigenvalue weighted by Gasteiger charge is 2.38. The van der Waals surface area contributed by atoms with Crippen LogP contribution < -0.4 is 0 Å². The first-order valence-corrected chi connectivity index (χ1v) is 9.37. The lowest BCUT2D eigenvalue weighted by Gasteiger charge is -2.18. The molecule has 7 nitrogen and oxygen atoms in total. The molecule has 158 valence electrons. The van der Waals surface area contributed by atoms with Gasteiger partial charge in [0.15, 0.2) is 5.69 Å². The number of carboxylic acid groups (broad SMARTS) is 1. The van der Waals surface area contributed by atoms with Crippen molar-refractivity contribution in [3.63, 3.8) is 0 Å². The van der Waals surface area contributed by atoms with Gasteiger partial charge in [0, 0.05) is 38.8 Å². The van der Waals surface area contributed by atoms with Gasteiger partial charge in [-0.15, -0.1) is 0 Å². The molecule has 1 amide bonds. The Bertz CT molecular complexity index is 710. The Morgan fingerprint density at radius 3 is 2.25 bits per heavy atom. The first kappa shape index (κ1) is 22.2. The van der Waals surface area contributed by atoms with Crippen molar-refractivity contribution >= 4 is 11.9 Å². The summed E-state index contributed by atoms with van der Waals surface area (Å²) in [6, 6.07) is 0. The average molecular weight is 404 g/mol. The van der Waals surface area contributed by atoms with E-state index < -0.39 is 12.1 Å². The minimum atomic E-state index is -5.08. The molecule has 0 aromatic carbocycles. The molecule has 0 unspecified atom stereocenters. The number of carbonyl (C=O) groups excluding carboxylic acids is 1. The van der Waals surface area contributed by atoms with Gasteiger partial charge in [-0.25, -0.2) is 4.79 Å². The molecular formula is C18H27F3N4O3. The number of likely N-dealkylation sites (tertiary alicyclic amines) is 1. The molecule has 1 aromatic heterocycles. The Hall–Kier alpha value is -2.10. The third-order valence-electron chi connectivity index (χ3n) is 4.89. The Balaban J connectivity index is 0.000000345. The lowest BCUT2D eigenvalue weighted by molar-refractivity contribution is -0.192. The molecule has 1 fully saturated rings. The Labute approximate surface area is 162 Å². The molecule has 28 heavy (non-hydrogen) atoms.